The van der Waals surface area contributed by atoms with Gasteiger partial charge in [0.1, 0.15) is 13.2 Å². The van der Waals surface area contributed by atoms with Gasteiger partial charge in [-0.05, 0) is 77.1 Å². The summed E-state index contributed by atoms with van der Waals surface area (Å²) in [4.78, 5) is 23.0. The first kappa shape index (κ1) is 39.1. The third-order valence-electron chi connectivity index (χ3n) is 6.59. The highest BCUT2D eigenvalue weighted by Crippen LogP contribution is 2.38. The molecule has 0 atom stereocenters. The second kappa shape index (κ2) is 18.8. The highest BCUT2D eigenvalue weighted by Gasteiger charge is 2.56. The van der Waals surface area contributed by atoms with E-state index in [1.807, 2.05) is 0 Å². The maximum atomic E-state index is 11.5. The van der Waals surface area contributed by atoms with Gasteiger partial charge in [-0.25, -0.2) is 9.59 Å². The Morgan fingerprint density at radius 1 is 0.548 bits per heavy atom. The second-order valence-electron chi connectivity index (χ2n) is 11.7. The molecule has 0 spiro atoms. The number of carbonyl (C=O) groups is 2. The summed E-state index contributed by atoms with van der Waals surface area (Å²) in [5.41, 5.74) is 0.753. The number of carbonyl (C=O) groups excluding carboxylic acids is 2. The Balaban J connectivity index is 2.81. The molecule has 0 aromatic carbocycles. The van der Waals surface area contributed by atoms with Crippen LogP contribution in [0.15, 0.2) is 24.3 Å². The quantitative estimate of drug-likeness (QED) is 0.0644. The zero-order valence-corrected chi connectivity index (χ0v) is 31.4. The fraction of sp³-hybridized carbons (Fsp3) is 0.786. The minimum atomic E-state index is -2.65. The van der Waals surface area contributed by atoms with E-state index in [9.17, 15) is 9.59 Å². The van der Waals surface area contributed by atoms with Crippen LogP contribution < -0.4 is 0 Å². The van der Waals surface area contributed by atoms with Crippen molar-refractivity contribution >= 4 is 46.2 Å². The third-order valence-corrected chi connectivity index (χ3v) is 25.8. The minimum Gasteiger partial charge on any atom is -0.460 e. The first-order valence-corrected chi connectivity index (χ1v) is 25.3. The van der Waals surface area contributed by atoms with Gasteiger partial charge < -0.3 is 35.4 Å². The Kier molecular flexibility index (Phi) is 17.5. The van der Waals surface area contributed by atoms with Crippen LogP contribution in [0.25, 0.3) is 0 Å². The van der Waals surface area contributed by atoms with Crippen molar-refractivity contribution in [3.8, 4) is 0 Å². The van der Waals surface area contributed by atoms with Gasteiger partial charge in [0, 0.05) is 24.4 Å². The van der Waals surface area contributed by atoms with Crippen molar-refractivity contribution in [1.82, 2.24) is 0 Å². The van der Waals surface area contributed by atoms with Crippen molar-refractivity contribution in [3.05, 3.63) is 24.3 Å². The van der Waals surface area contributed by atoms with Gasteiger partial charge in [-0.3, -0.25) is 0 Å². The van der Waals surface area contributed by atoms with Crippen molar-refractivity contribution < 1.29 is 45.0 Å². The van der Waals surface area contributed by atoms with Gasteiger partial charge in [-0.1, -0.05) is 39.8 Å². The van der Waals surface area contributed by atoms with Crippen molar-refractivity contribution in [1.29, 1.82) is 0 Å². The van der Waals surface area contributed by atoms with Crippen molar-refractivity contribution in [2.45, 2.75) is 104 Å². The predicted octanol–water partition coefficient (Wildman–Crippen LogP) is 6.23. The molecule has 0 aromatic heterocycles. The first-order chi connectivity index (χ1) is 19.6. The van der Waals surface area contributed by atoms with E-state index in [0.717, 1.165) is 49.9 Å². The van der Waals surface area contributed by atoms with Gasteiger partial charge >= 0.3 is 46.2 Å². The Bertz CT molecular complexity index is 803. The largest absolute Gasteiger partial charge is 0.460 e. The number of ether oxygens (including phenoxy) is 4. The standard InChI is InChI=1S/C28H56O10Si4/c1-11-21-39(7)35-41(9,23-13-15-31-17-19-33-27(29)25(3)4)37-40(8,22-12-2)38-42(10,36-39)24-14-16-32-18-20-34-28(30)26(5)6/h3,5,11-24H2,1-2,4,6-10H3. The second-order valence-corrected chi connectivity index (χ2v) is 26.0. The van der Waals surface area contributed by atoms with E-state index in [-0.39, 0.29) is 13.2 Å². The SMILES string of the molecule is C=C(C)C(=O)OCCOCCC[Si]1(C)O[Si](C)(CCC)O[Si](C)(CCCOCCOC(=O)C(=C)C)O[Si](C)(CCC)O1. The molecule has 10 nitrogen and oxygen atoms in total. The Morgan fingerprint density at radius 2 is 0.857 bits per heavy atom. The summed E-state index contributed by atoms with van der Waals surface area (Å²) in [6, 6.07) is 3.27. The van der Waals surface area contributed by atoms with E-state index in [4.69, 9.17) is 35.4 Å². The van der Waals surface area contributed by atoms with Crippen molar-refractivity contribution in [3.63, 3.8) is 0 Å². The lowest BCUT2D eigenvalue weighted by Gasteiger charge is -2.50. The summed E-state index contributed by atoms with van der Waals surface area (Å²) < 4.78 is 49.8. The van der Waals surface area contributed by atoms with E-state index in [1.54, 1.807) is 13.8 Å². The Hall–Kier alpha value is -0.952. The Morgan fingerprint density at radius 3 is 1.14 bits per heavy atom. The normalized spacial score (nSPS) is 28.0. The van der Waals surface area contributed by atoms with Crippen LogP contribution in [0, 0.1) is 0 Å². The minimum absolute atomic E-state index is 0.203. The third kappa shape index (κ3) is 15.2. The first-order valence-electron chi connectivity index (χ1n) is 15.2. The lowest BCUT2D eigenvalue weighted by molar-refractivity contribution is -0.141. The van der Waals surface area contributed by atoms with Crippen LogP contribution in [0.4, 0.5) is 0 Å². The van der Waals surface area contributed by atoms with Crippen LogP contribution >= 0.6 is 0 Å². The molecule has 14 heteroatoms. The van der Waals surface area contributed by atoms with Crippen molar-refractivity contribution in [2.24, 2.45) is 0 Å². The molecule has 1 rings (SSSR count). The lowest BCUT2D eigenvalue weighted by atomic mass is 10.4. The molecule has 1 heterocycles. The van der Waals surface area contributed by atoms with Crippen LogP contribution in [0.1, 0.15) is 53.4 Å². The molecule has 1 saturated heterocycles. The summed E-state index contributed by atoms with van der Waals surface area (Å²) in [5.74, 6) is -0.806. The molecule has 1 aliphatic heterocycles. The molecule has 0 bridgehead atoms. The summed E-state index contributed by atoms with van der Waals surface area (Å²) >= 11 is 0. The maximum Gasteiger partial charge on any atom is 0.333 e. The average molecular weight is 665 g/mol. The van der Waals surface area contributed by atoms with Gasteiger partial charge in [-0.2, -0.15) is 0 Å². The zero-order valence-electron chi connectivity index (χ0n) is 27.4. The molecule has 1 aliphatic rings. The smallest absolute Gasteiger partial charge is 0.333 e. The number of hydrogen-bond donors (Lipinski definition) is 0. The molecule has 0 unspecified atom stereocenters. The number of esters is 2. The zero-order chi connectivity index (χ0) is 31.9. The highest BCUT2D eigenvalue weighted by molar-refractivity contribution is 6.93. The van der Waals surface area contributed by atoms with Gasteiger partial charge in [-0.15, -0.1) is 0 Å². The molecule has 0 saturated carbocycles. The molecule has 0 radical (unpaired) electrons. The molecule has 0 aliphatic carbocycles. The van der Waals surface area contributed by atoms with Crippen LogP contribution in [0.3, 0.4) is 0 Å². The number of hydrogen-bond acceptors (Lipinski definition) is 10. The fourth-order valence-corrected chi connectivity index (χ4v) is 28.5. The van der Waals surface area contributed by atoms with E-state index < -0.39 is 46.2 Å². The summed E-state index contributed by atoms with van der Waals surface area (Å²) in [7, 11) is -10.5. The predicted molar refractivity (Wildman–Crippen MR) is 173 cm³/mol. The van der Waals surface area contributed by atoms with Gasteiger partial charge in [0.05, 0.1) is 13.2 Å². The number of rotatable bonds is 20. The molecule has 0 aromatic rings. The Labute approximate surface area is 258 Å². The molecular weight excluding hydrogens is 609 g/mol. The average Bonchev–Trinajstić information content (AvgIpc) is 2.85. The molecule has 0 amide bonds. The summed E-state index contributed by atoms with van der Waals surface area (Å²) in [6.07, 6.45) is 3.47. The van der Waals surface area contributed by atoms with E-state index in [0.29, 0.717) is 37.6 Å². The molecule has 0 N–H and O–H groups in total. The van der Waals surface area contributed by atoms with Crippen LogP contribution in [0.2, 0.25) is 50.4 Å². The molecule has 244 valence electrons. The van der Waals surface area contributed by atoms with E-state index >= 15 is 0 Å². The monoisotopic (exact) mass is 664 g/mol. The lowest BCUT2D eigenvalue weighted by Crippen LogP contribution is -2.67. The maximum absolute atomic E-state index is 11.5. The molecule has 42 heavy (non-hydrogen) atoms. The fourth-order valence-electron chi connectivity index (χ4n) is 5.05. The van der Waals surface area contributed by atoms with E-state index in [1.165, 1.54) is 0 Å². The molecule has 1 fully saturated rings. The van der Waals surface area contributed by atoms with Crippen LogP contribution in [-0.2, 0) is 45.0 Å². The summed E-state index contributed by atoms with van der Waals surface area (Å²) in [6.45, 7) is 25.5. The van der Waals surface area contributed by atoms with Crippen LogP contribution in [-0.4, -0.2) is 85.8 Å². The van der Waals surface area contributed by atoms with E-state index in [2.05, 4.69) is 53.2 Å². The summed E-state index contributed by atoms with van der Waals surface area (Å²) in [5, 5.41) is 0. The van der Waals surface area contributed by atoms with Crippen LogP contribution in [0.5, 0.6) is 0 Å². The highest BCUT2D eigenvalue weighted by atomic mass is 28.5. The van der Waals surface area contributed by atoms with Gasteiger partial charge in [0.15, 0.2) is 0 Å². The van der Waals surface area contributed by atoms with Crippen molar-refractivity contribution in [2.75, 3.05) is 39.6 Å². The topological polar surface area (TPSA) is 108 Å². The molecular formula is C28H56O10Si4. The van der Waals surface area contributed by atoms with Gasteiger partial charge in [0.2, 0.25) is 0 Å². The van der Waals surface area contributed by atoms with Gasteiger partial charge in [0.25, 0.3) is 0 Å².